The summed E-state index contributed by atoms with van der Waals surface area (Å²) in [6, 6.07) is 0. The zero-order valence-electron chi connectivity index (χ0n) is 57.2. The van der Waals surface area contributed by atoms with Crippen molar-refractivity contribution in [3.05, 3.63) is 0 Å². The van der Waals surface area contributed by atoms with Crippen LogP contribution in [0.15, 0.2) is 0 Å². The van der Waals surface area contributed by atoms with Crippen LogP contribution in [0.5, 0.6) is 0 Å². The van der Waals surface area contributed by atoms with E-state index < -0.39 is 97.5 Å². The van der Waals surface area contributed by atoms with Crippen molar-refractivity contribution < 1.29 is 80.2 Å². The summed E-state index contributed by atoms with van der Waals surface area (Å²) in [6.45, 7) is 11.8. The Bertz CT molecular complexity index is 1730. The first-order valence-electron chi connectivity index (χ1n) is 35.9. The molecule has 19 heteroatoms. The molecule has 0 aliphatic rings. The molecule has 0 aliphatic carbocycles. The number of aliphatic hydroxyl groups is 1. The fourth-order valence-corrected chi connectivity index (χ4v) is 11.9. The number of unbranched alkanes of at least 4 members (excludes halogenated alkanes) is 34. The second-order valence-electron chi connectivity index (χ2n) is 26.1. The molecule has 0 amide bonds. The summed E-state index contributed by atoms with van der Waals surface area (Å²) in [4.78, 5) is 72.3. The summed E-state index contributed by atoms with van der Waals surface area (Å²) in [7, 11) is -9.89. The van der Waals surface area contributed by atoms with Crippen LogP contribution in [0.25, 0.3) is 0 Å². The number of phosphoric acid groups is 2. The molecular weight excluding hydrogens is 1160 g/mol. The van der Waals surface area contributed by atoms with Crippen LogP contribution in [0.3, 0.4) is 0 Å². The van der Waals surface area contributed by atoms with E-state index in [-0.39, 0.29) is 25.7 Å². The number of esters is 4. The Morgan fingerprint density at radius 3 is 0.864 bits per heavy atom. The molecule has 3 unspecified atom stereocenters. The molecule has 0 radical (unpaired) electrons. The van der Waals surface area contributed by atoms with Crippen LogP contribution in [0.2, 0.25) is 0 Å². The van der Waals surface area contributed by atoms with Crippen LogP contribution in [0.4, 0.5) is 0 Å². The van der Waals surface area contributed by atoms with Crippen LogP contribution in [-0.4, -0.2) is 96.7 Å². The summed E-state index contributed by atoms with van der Waals surface area (Å²) in [5.74, 6) is 0.167. The van der Waals surface area contributed by atoms with Gasteiger partial charge in [-0.1, -0.05) is 292 Å². The SMILES string of the molecule is CCCCCCCCCC(=O)OC[C@H](COP(=O)(O)OC[C@H](O)COP(=O)(O)OC[C@@H](COC(=O)CCCCCCCCCCCCC(C)CC)OC(=O)CCCCCCCCCCCCCCCCC(C)C)OC(=O)CCCCCCCCCC(C)C. The monoisotopic (exact) mass is 1300 g/mol. The maximum atomic E-state index is 13.0. The van der Waals surface area contributed by atoms with Gasteiger partial charge in [-0.25, -0.2) is 9.13 Å². The minimum Gasteiger partial charge on any atom is -0.462 e. The Kier molecular flexibility index (Phi) is 58.7. The maximum Gasteiger partial charge on any atom is 0.472 e. The Labute approximate surface area is 537 Å². The first kappa shape index (κ1) is 86.1. The molecule has 0 spiro atoms. The number of phosphoric ester groups is 2. The average molecular weight is 1300 g/mol. The van der Waals surface area contributed by atoms with Gasteiger partial charge in [0.1, 0.15) is 19.3 Å². The fourth-order valence-electron chi connectivity index (χ4n) is 10.3. The molecule has 17 nitrogen and oxygen atoms in total. The average Bonchev–Trinajstić information content (AvgIpc) is 3.70. The molecule has 3 N–H and O–H groups in total. The lowest BCUT2D eigenvalue weighted by atomic mass is 9.99. The zero-order valence-corrected chi connectivity index (χ0v) is 59.0. The molecule has 0 heterocycles. The highest BCUT2D eigenvalue weighted by molar-refractivity contribution is 7.47. The summed E-state index contributed by atoms with van der Waals surface area (Å²) in [6.07, 6.45) is 43.2. The van der Waals surface area contributed by atoms with E-state index in [0.29, 0.717) is 31.6 Å². The van der Waals surface area contributed by atoms with Crippen LogP contribution in [-0.2, 0) is 65.4 Å². The van der Waals surface area contributed by atoms with Gasteiger partial charge in [-0.3, -0.25) is 37.3 Å². The van der Waals surface area contributed by atoms with E-state index >= 15 is 0 Å². The van der Waals surface area contributed by atoms with Crippen molar-refractivity contribution in [3.8, 4) is 0 Å². The zero-order chi connectivity index (χ0) is 65.2. The molecule has 0 aromatic heterocycles. The highest BCUT2D eigenvalue weighted by Crippen LogP contribution is 2.45. The molecular formula is C69H134O17P2. The summed E-state index contributed by atoms with van der Waals surface area (Å²) in [5.41, 5.74) is 0. The summed E-state index contributed by atoms with van der Waals surface area (Å²) in [5, 5.41) is 10.6. The van der Waals surface area contributed by atoms with Crippen molar-refractivity contribution in [1.29, 1.82) is 0 Å². The summed E-state index contributed by atoms with van der Waals surface area (Å²) < 4.78 is 68.1. The van der Waals surface area contributed by atoms with Gasteiger partial charge in [0.15, 0.2) is 12.2 Å². The Morgan fingerprint density at radius 1 is 0.330 bits per heavy atom. The third-order valence-electron chi connectivity index (χ3n) is 16.2. The number of hydrogen-bond donors (Lipinski definition) is 3. The van der Waals surface area contributed by atoms with Gasteiger partial charge in [0, 0.05) is 25.7 Å². The molecule has 522 valence electrons. The lowest BCUT2D eigenvalue weighted by Crippen LogP contribution is -2.30. The number of hydrogen-bond acceptors (Lipinski definition) is 15. The molecule has 0 rings (SSSR count). The van der Waals surface area contributed by atoms with Crippen molar-refractivity contribution in [2.75, 3.05) is 39.6 Å². The van der Waals surface area contributed by atoms with E-state index in [1.807, 2.05) is 0 Å². The standard InChI is InChI=1S/C69H134O17P2/c1-8-10-11-12-26-36-43-50-66(71)79-56-64(86-69(74)53-46-39-32-25-28-34-41-48-61(5)6)58-83-87(75,76)81-54-63(70)55-82-88(77,78)84-59-65(57-80-67(72)51-44-37-30-23-20-19-22-29-35-42-49-62(7)9-2)85-68(73)52-45-38-31-24-18-16-14-13-15-17-21-27-33-40-47-60(3)4/h60-65,70H,8-59H2,1-7H3,(H,75,76)(H,77,78)/t62?,63-,64+,65+/m0/s1. The Hall–Kier alpha value is -1.94. The Balaban J connectivity index is 5.21. The minimum atomic E-state index is -4.95. The molecule has 0 fully saturated rings. The first-order chi connectivity index (χ1) is 42.3. The van der Waals surface area contributed by atoms with Gasteiger partial charge >= 0.3 is 39.5 Å². The molecule has 0 saturated heterocycles. The van der Waals surface area contributed by atoms with Crippen LogP contribution in [0.1, 0.15) is 344 Å². The highest BCUT2D eigenvalue weighted by Gasteiger charge is 2.30. The molecule has 0 aromatic carbocycles. The molecule has 6 atom stereocenters. The van der Waals surface area contributed by atoms with Crippen LogP contribution >= 0.6 is 15.6 Å². The number of rotatable bonds is 67. The third kappa shape index (κ3) is 61.6. The predicted molar refractivity (Wildman–Crippen MR) is 354 cm³/mol. The second-order valence-corrected chi connectivity index (χ2v) is 29.0. The van der Waals surface area contributed by atoms with Gasteiger partial charge in [0.05, 0.1) is 26.4 Å². The van der Waals surface area contributed by atoms with Crippen molar-refractivity contribution in [2.24, 2.45) is 17.8 Å². The number of aliphatic hydroxyl groups excluding tert-OH is 1. The highest BCUT2D eigenvalue weighted by atomic mass is 31.2. The normalized spacial score (nSPS) is 14.5. The fraction of sp³-hybridized carbons (Fsp3) is 0.942. The number of ether oxygens (including phenoxy) is 4. The molecule has 0 saturated carbocycles. The van der Waals surface area contributed by atoms with Gasteiger partial charge in [0.25, 0.3) is 0 Å². The van der Waals surface area contributed by atoms with E-state index in [4.69, 9.17) is 37.0 Å². The quantitative estimate of drug-likeness (QED) is 0.0222. The predicted octanol–water partition coefficient (Wildman–Crippen LogP) is 19.5. The third-order valence-corrected chi connectivity index (χ3v) is 18.1. The van der Waals surface area contributed by atoms with Crippen molar-refractivity contribution >= 4 is 39.5 Å². The van der Waals surface area contributed by atoms with E-state index in [0.717, 1.165) is 115 Å². The van der Waals surface area contributed by atoms with Crippen molar-refractivity contribution in [1.82, 2.24) is 0 Å². The number of carbonyl (C=O) groups excluding carboxylic acids is 4. The van der Waals surface area contributed by atoms with E-state index in [1.165, 1.54) is 141 Å². The van der Waals surface area contributed by atoms with Crippen LogP contribution in [0, 0.1) is 17.8 Å². The molecule has 0 bridgehead atoms. The van der Waals surface area contributed by atoms with Crippen LogP contribution < -0.4 is 0 Å². The lowest BCUT2D eigenvalue weighted by molar-refractivity contribution is -0.161. The smallest absolute Gasteiger partial charge is 0.462 e. The first-order valence-corrected chi connectivity index (χ1v) is 38.9. The van der Waals surface area contributed by atoms with Gasteiger partial charge in [-0.05, 0) is 43.4 Å². The topological polar surface area (TPSA) is 237 Å². The Morgan fingerprint density at radius 2 is 0.580 bits per heavy atom. The molecule has 0 aromatic rings. The lowest BCUT2D eigenvalue weighted by Gasteiger charge is -2.21. The van der Waals surface area contributed by atoms with E-state index in [1.54, 1.807) is 0 Å². The second kappa shape index (κ2) is 60.0. The van der Waals surface area contributed by atoms with Crippen molar-refractivity contribution in [2.45, 2.75) is 362 Å². The largest absolute Gasteiger partial charge is 0.472 e. The van der Waals surface area contributed by atoms with Crippen molar-refractivity contribution in [3.63, 3.8) is 0 Å². The minimum absolute atomic E-state index is 0.103. The van der Waals surface area contributed by atoms with Gasteiger partial charge < -0.3 is 33.8 Å². The number of carbonyl (C=O) groups is 4. The molecule has 88 heavy (non-hydrogen) atoms. The molecule has 0 aliphatic heterocycles. The van der Waals surface area contributed by atoms with Gasteiger partial charge in [-0.2, -0.15) is 0 Å². The maximum absolute atomic E-state index is 13.0. The van der Waals surface area contributed by atoms with E-state index in [2.05, 4.69) is 48.5 Å². The van der Waals surface area contributed by atoms with Gasteiger partial charge in [0.2, 0.25) is 0 Å². The van der Waals surface area contributed by atoms with E-state index in [9.17, 15) is 43.2 Å². The summed E-state index contributed by atoms with van der Waals surface area (Å²) >= 11 is 0. The van der Waals surface area contributed by atoms with Gasteiger partial charge in [-0.15, -0.1) is 0 Å².